The summed E-state index contributed by atoms with van der Waals surface area (Å²) in [4.78, 5) is 24.7. The molecule has 21 heavy (non-hydrogen) atoms. The molecule has 0 saturated carbocycles. The molecule has 0 aromatic heterocycles. The topological polar surface area (TPSA) is 57.6 Å². The molecule has 1 N–H and O–H groups in total. The molecule has 0 spiro atoms. The van der Waals surface area contributed by atoms with Crippen molar-refractivity contribution in [3.63, 3.8) is 0 Å². The van der Waals surface area contributed by atoms with Crippen molar-refractivity contribution >= 4 is 27.8 Å². The molecule has 6 heteroatoms. The van der Waals surface area contributed by atoms with Crippen molar-refractivity contribution in [2.24, 2.45) is 5.92 Å². The van der Waals surface area contributed by atoms with Crippen molar-refractivity contribution in [3.8, 4) is 0 Å². The van der Waals surface area contributed by atoms with Crippen molar-refractivity contribution in [1.82, 2.24) is 4.90 Å². The minimum absolute atomic E-state index is 0.123. The predicted octanol–water partition coefficient (Wildman–Crippen LogP) is 3.31. The van der Waals surface area contributed by atoms with Crippen LogP contribution in [0.4, 0.5) is 4.39 Å². The molecule has 1 amide bonds. The molecule has 2 rings (SSSR count). The highest BCUT2D eigenvalue weighted by molar-refractivity contribution is 9.10. The molecule has 0 radical (unpaired) electrons. The molecule has 4 nitrogen and oxygen atoms in total. The van der Waals surface area contributed by atoms with Crippen LogP contribution in [0.5, 0.6) is 0 Å². The maximum atomic E-state index is 13.4. The molecule has 1 heterocycles. The van der Waals surface area contributed by atoms with E-state index in [-0.39, 0.29) is 18.2 Å². The summed E-state index contributed by atoms with van der Waals surface area (Å²) in [7, 11) is 0. The van der Waals surface area contributed by atoms with Gasteiger partial charge in [0.1, 0.15) is 5.82 Å². The lowest BCUT2D eigenvalue weighted by Gasteiger charge is -2.32. The Hall–Kier alpha value is -1.43. The molecular formula is C15H17BrFNO3. The summed E-state index contributed by atoms with van der Waals surface area (Å²) < 4.78 is 13.9. The van der Waals surface area contributed by atoms with Crippen LogP contribution in [-0.4, -0.2) is 35.0 Å². The maximum Gasteiger partial charge on any atom is 0.303 e. The van der Waals surface area contributed by atoms with Crippen LogP contribution in [-0.2, 0) is 4.79 Å². The second-order valence-electron chi connectivity index (χ2n) is 5.35. The molecule has 1 aliphatic rings. The van der Waals surface area contributed by atoms with E-state index >= 15 is 0 Å². The van der Waals surface area contributed by atoms with Crippen LogP contribution in [0.25, 0.3) is 0 Å². The first kappa shape index (κ1) is 15.9. The zero-order valence-corrected chi connectivity index (χ0v) is 13.1. The summed E-state index contributed by atoms with van der Waals surface area (Å²) in [5, 5.41) is 8.73. The Morgan fingerprint density at radius 2 is 2.14 bits per heavy atom. The largest absolute Gasteiger partial charge is 0.481 e. The minimum atomic E-state index is -0.812. The number of hydrogen-bond donors (Lipinski definition) is 1. The Morgan fingerprint density at radius 3 is 2.81 bits per heavy atom. The lowest BCUT2D eigenvalue weighted by atomic mass is 9.93. The molecule has 1 atom stereocenters. The van der Waals surface area contributed by atoms with Crippen LogP contribution in [0.2, 0.25) is 0 Å². The molecule has 0 unspecified atom stereocenters. The standard InChI is InChI=1S/C15H17BrFNO3/c16-12-6-11(7-13(17)8-12)15(21)18-5-1-2-10(9-18)3-4-14(19)20/h6-8,10H,1-5,9H2,(H,19,20)/t10-/m0/s1. The third-order valence-corrected chi connectivity index (χ3v) is 4.14. The zero-order chi connectivity index (χ0) is 15.4. The molecular weight excluding hydrogens is 341 g/mol. The van der Waals surface area contributed by atoms with Gasteiger partial charge in [0.05, 0.1) is 0 Å². The summed E-state index contributed by atoms with van der Waals surface area (Å²) in [6.45, 7) is 1.18. The van der Waals surface area contributed by atoms with Crippen molar-refractivity contribution in [3.05, 3.63) is 34.1 Å². The van der Waals surface area contributed by atoms with Crippen LogP contribution in [0, 0.1) is 11.7 Å². The predicted molar refractivity (Wildman–Crippen MR) is 79.6 cm³/mol. The van der Waals surface area contributed by atoms with E-state index in [9.17, 15) is 14.0 Å². The number of benzene rings is 1. The molecule has 1 aromatic rings. The molecule has 1 saturated heterocycles. The van der Waals surface area contributed by atoms with Crippen LogP contribution in [0.1, 0.15) is 36.0 Å². The van der Waals surface area contributed by atoms with Gasteiger partial charge in [-0.1, -0.05) is 15.9 Å². The lowest BCUT2D eigenvalue weighted by molar-refractivity contribution is -0.137. The van der Waals surface area contributed by atoms with E-state index in [0.29, 0.717) is 29.5 Å². The number of likely N-dealkylation sites (tertiary alicyclic amines) is 1. The van der Waals surface area contributed by atoms with E-state index in [0.717, 1.165) is 12.8 Å². The first-order chi connectivity index (χ1) is 9.95. The van der Waals surface area contributed by atoms with E-state index in [2.05, 4.69) is 15.9 Å². The Kier molecular flexibility index (Phi) is 5.33. The molecule has 1 aromatic carbocycles. The van der Waals surface area contributed by atoms with Crippen LogP contribution >= 0.6 is 15.9 Å². The van der Waals surface area contributed by atoms with Gasteiger partial charge in [0.2, 0.25) is 0 Å². The van der Waals surface area contributed by atoms with Crippen LogP contribution in [0.15, 0.2) is 22.7 Å². The fraction of sp³-hybridized carbons (Fsp3) is 0.467. The summed E-state index contributed by atoms with van der Waals surface area (Å²) >= 11 is 3.18. The first-order valence-electron chi connectivity index (χ1n) is 6.93. The monoisotopic (exact) mass is 357 g/mol. The van der Waals surface area contributed by atoms with Crippen molar-refractivity contribution in [1.29, 1.82) is 0 Å². The third kappa shape index (κ3) is 4.52. The van der Waals surface area contributed by atoms with Gasteiger partial charge in [0.15, 0.2) is 0 Å². The van der Waals surface area contributed by atoms with Crippen molar-refractivity contribution in [2.75, 3.05) is 13.1 Å². The smallest absolute Gasteiger partial charge is 0.303 e. The van der Waals surface area contributed by atoms with Crippen molar-refractivity contribution < 1.29 is 19.1 Å². The van der Waals surface area contributed by atoms with E-state index in [1.807, 2.05) is 0 Å². The average molecular weight is 358 g/mol. The zero-order valence-electron chi connectivity index (χ0n) is 11.5. The Balaban J connectivity index is 2.03. The summed E-state index contributed by atoms with van der Waals surface area (Å²) in [6, 6.07) is 4.14. The molecule has 114 valence electrons. The van der Waals surface area contributed by atoms with Gasteiger partial charge in [-0.25, -0.2) is 4.39 Å². The number of piperidine rings is 1. The highest BCUT2D eigenvalue weighted by atomic mass is 79.9. The second-order valence-corrected chi connectivity index (χ2v) is 6.27. The maximum absolute atomic E-state index is 13.4. The Morgan fingerprint density at radius 1 is 1.38 bits per heavy atom. The van der Waals surface area contributed by atoms with E-state index in [1.54, 1.807) is 11.0 Å². The van der Waals surface area contributed by atoms with Crippen LogP contribution in [0.3, 0.4) is 0 Å². The highest BCUT2D eigenvalue weighted by Crippen LogP contribution is 2.23. The first-order valence-corrected chi connectivity index (χ1v) is 7.72. The van der Waals surface area contributed by atoms with Crippen LogP contribution < -0.4 is 0 Å². The number of carboxylic acid groups (broad SMARTS) is 1. The van der Waals surface area contributed by atoms with Gasteiger partial charge in [-0.3, -0.25) is 9.59 Å². The third-order valence-electron chi connectivity index (χ3n) is 3.68. The lowest BCUT2D eigenvalue weighted by Crippen LogP contribution is -2.40. The Labute approximate surface area is 131 Å². The normalized spacial score (nSPS) is 18.6. The van der Waals surface area contributed by atoms with Gasteiger partial charge in [-0.2, -0.15) is 0 Å². The quantitative estimate of drug-likeness (QED) is 0.899. The summed E-state index contributed by atoms with van der Waals surface area (Å²) in [6.07, 6.45) is 2.49. The van der Waals surface area contributed by atoms with E-state index < -0.39 is 11.8 Å². The molecule has 1 fully saturated rings. The number of amides is 1. The number of aliphatic carboxylic acids is 1. The number of carbonyl (C=O) groups excluding carboxylic acids is 1. The fourth-order valence-electron chi connectivity index (χ4n) is 2.67. The van der Waals surface area contributed by atoms with Gasteiger partial charge >= 0.3 is 5.97 Å². The van der Waals surface area contributed by atoms with E-state index in [4.69, 9.17) is 5.11 Å². The molecule has 1 aliphatic heterocycles. The Bertz CT molecular complexity index is 529. The van der Waals surface area contributed by atoms with E-state index in [1.165, 1.54) is 12.1 Å². The second kappa shape index (κ2) is 7.02. The summed E-state index contributed by atoms with van der Waals surface area (Å²) in [5.41, 5.74) is 0.320. The van der Waals surface area contributed by atoms with Gasteiger partial charge in [0, 0.05) is 29.5 Å². The summed E-state index contributed by atoms with van der Waals surface area (Å²) in [5.74, 6) is -1.26. The SMILES string of the molecule is O=C(O)CC[C@@H]1CCCN(C(=O)c2cc(F)cc(Br)c2)C1. The van der Waals surface area contributed by atoms with Gasteiger partial charge < -0.3 is 10.0 Å². The number of carboxylic acids is 1. The fourth-order valence-corrected chi connectivity index (χ4v) is 3.14. The van der Waals surface area contributed by atoms with Crippen molar-refractivity contribution in [2.45, 2.75) is 25.7 Å². The number of halogens is 2. The number of carbonyl (C=O) groups is 2. The number of nitrogens with zero attached hydrogens (tertiary/aromatic N) is 1. The highest BCUT2D eigenvalue weighted by Gasteiger charge is 2.25. The number of rotatable bonds is 4. The number of hydrogen-bond acceptors (Lipinski definition) is 2. The average Bonchev–Trinajstić information content (AvgIpc) is 2.43. The van der Waals surface area contributed by atoms with Gasteiger partial charge in [-0.15, -0.1) is 0 Å². The molecule has 0 bridgehead atoms. The molecule has 0 aliphatic carbocycles. The van der Waals surface area contributed by atoms with Gasteiger partial charge in [-0.05, 0) is 43.4 Å². The minimum Gasteiger partial charge on any atom is -0.481 e. The van der Waals surface area contributed by atoms with Gasteiger partial charge in [0.25, 0.3) is 5.91 Å².